The Bertz CT molecular complexity index is 251. The summed E-state index contributed by atoms with van der Waals surface area (Å²) in [6.45, 7) is 1.85. The third kappa shape index (κ3) is 3.34. The molecule has 16 heavy (non-hydrogen) atoms. The number of methoxy groups -OCH3 is 3. The number of hydrogen-bond acceptors (Lipinski definition) is 6. The second-order valence-corrected chi connectivity index (χ2v) is 2.64. The fourth-order valence-electron chi connectivity index (χ4n) is 1.09. The normalized spacial score (nSPS) is 12.7. The molecule has 92 valence electrons. The maximum Gasteiger partial charge on any atom is 0.408 e. The van der Waals surface area contributed by atoms with Crippen LogP contribution in [0.1, 0.15) is 6.92 Å². The third-order valence-corrected chi connectivity index (χ3v) is 1.87. The summed E-state index contributed by atoms with van der Waals surface area (Å²) in [6.07, 6.45) is -0.746. The van der Waals surface area contributed by atoms with Crippen molar-refractivity contribution in [2.75, 3.05) is 27.9 Å². The number of nitrogens with zero attached hydrogens (tertiary/aromatic N) is 1. The molecule has 0 bridgehead atoms. The summed E-state index contributed by atoms with van der Waals surface area (Å²) in [5, 5.41) is 11.2. The predicted molar refractivity (Wildman–Crippen MR) is 53.3 cm³/mol. The number of alkyl carbamates (subject to hydrolysis) is 1. The third-order valence-electron chi connectivity index (χ3n) is 1.87. The first-order valence-electron chi connectivity index (χ1n) is 4.58. The van der Waals surface area contributed by atoms with E-state index in [2.05, 4.69) is 10.1 Å². The van der Waals surface area contributed by atoms with Crippen molar-refractivity contribution in [3.05, 3.63) is 0 Å². The van der Waals surface area contributed by atoms with Crippen LogP contribution in [0, 0.1) is 11.3 Å². The Morgan fingerprint density at radius 1 is 1.38 bits per heavy atom. The molecular weight excluding hydrogens is 216 g/mol. The maximum atomic E-state index is 11.2. The van der Waals surface area contributed by atoms with Gasteiger partial charge in [0.1, 0.15) is 0 Å². The zero-order valence-electron chi connectivity index (χ0n) is 9.77. The van der Waals surface area contributed by atoms with Crippen LogP contribution in [0.4, 0.5) is 4.79 Å². The highest BCUT2D eigenvalue weighted by molar-refractivity contribution is 5.68. The molecule has 0 aromatic heterocycles. The van der Waals surface area contributed by atoms with Crippen LogP contribution in [0.2, 0.25) is 0 Å². The predicted octanol–water partition coefficient (Wildman–Crippen LogP) is 0.218. The SMILES string of the molecule is CCOC(=O)NC(C#N)C(OC)(OC)OC. The van der Waals surface area contributed by atoms with Crippen LogP contribution in [-0.4, -0.2) is 46.0 Å². The van der Waals surface area contributed by atoms with E-state index in [1.807, 2.05) is 0 Å². The van der Waals surface area contributed by atoms with Gasteiger partial charge < -0.3 is 18.9 Å². The molecule has 1 unspecified atom stereocenters. The number of ether oxygens (including phenoxy) is 4. The Balaban J connectivity index is 4.70. The largest absolute Gasteiger partial charge is 0.450 e. The summed E-state index contributed by atoms with van der Waals surface area (Å²) in [4.78, 5) is 11.2. The molecule has 0 radical (unpaired) electrons. The van der Waals surface area contributed by atoms with Gasteiger partial charge in [-0.1, -0.05) is 0 Å². The standard InChI is InChI=1S/C9H16N2O5/c1-5-16-8(12)11-7(6-10)9(13-2,14-3)15-4/h7H,5H2,1-4H3,(H,11,12). The minimum absolute atomic E-state index is 0.198. The topological polar surface area (TPSA) is 89.8 Å². The molecule has 0 heterocycles. The van der Waals surface area contributed by atoms with Gasteiger partial charge in [0, 0.05) is 21.3 Å². The Labute approximate surface area is 94.2 Å². The Morgan fingerprint density at radius 2 is 1.88 bits per heavy atom. The van der Waals surface area contributed by atoms with E-state index in [0.29, 0.717) is 0 Å². The van der Waals surface area contributed by atoms with Crippen molar-refractivity contribution in [1.29, 1.82) is 5.26 Å². The van der Waals surface area contributed by atoms with E-state index in [1.54, 1.807) is 13.0 Å². The van der Waals surface area contributed by atoms with Gasteiger partial charge in [-0.25, -0.2) is 4.79 Å². The summed E-state index contributed by atoms with van der Waals surface area (Å²) in [5.41, 5.74) is 0. The lowest BCUT2D eigenvalue weighted by atomic mass is 10.2. The average molecular weight is 232 g/mol. The molecule has 1 N–H and O–H groups in total. The van der Waals surface area contributed by atoms with E-state index in [4.69, 9.17) is 19.5 Å². The molecule has 0 aliphatic carbocycles. The van der Waals surface area contributed by atoms with Gasteiger partial charge in [-0.05, 0) is 6.92 Å². The molecule has 7 heteroatoms. The van der Waals surface area contributed by atoms with Crippen molar-refractivity contribution in [3.63, 3.8) is 0 Å². The molecule has 0 fully saturated rings. The van der Waals surface area contributed by atoms with E-state index >= 15 is 0 Å². The van der Waals surface area contributed by atoms with Crippen molar-refractivity contribution in [2.45, 2.75) is 18.9 Å². The number of carbonyl (C=O) groups is 1. The van der Waals surface area contributed by atoms with Crippen molar-refractivity contribution >= 4 is 6.09 Å². The Kier molecular flexibility index (Phi) is 6.41. The smallest absolute Gasteiger partial charge is 0.408 e. The Hall–Kier alpha value is -1.36. The van der Waals surface area contributed by atoms with E-state index < -0.39 is 18.1 Å². The molecule has 0 rings (SSSR count). The van der Waals surface area contributed by atoms with Crippen LogP contribution in [-0.2, 0) is 18.9 Å². The van der Waals surface area contributed by atoms with Crippen molar-refractivity contribution in [1.82, 2.24) is 5.32 Å². The van der Waals surface area contributed by atoms with Crippen LogP contribution in [0.15, 0.2) is 0 Å². The van der Waals surface area contributed by atoms with Crippen LogP contribution in [0.5, 0.6) is 0 Å². The molecule has 0 aromatic carbocycles. The number of carbonyl (C=O) groups excluding carboxylic acids is 1. The van der Waals surface area contributed by atoms with E-state index in [0.717, 1.165) is 0 Å². The summed E-state index contributed by atoms with van der Waals surface area (Å²) in [5.74, 6) is -1.65. The van der Waals surface area contributed by atoms with Gasteiger partial charge in [-0.15, -0.1) is 0 Å². The summed E-state index contributed by atoms with van der Waals surface area (Å²) >= 11 is 0. The highest BCUT2D eigenvalue weighted by Crippen LogP contribution is 2.17. The van der Waals surface area contributed by atoms with Gasteiger partial charge in [0.2, 0.25) is 6.04 Å². The summed E-state index contributed by atoms with van der Waals surface area (Å²) < 4.78 is 19.4. The zero-order chi connectivity index (χ0) is 12.6. The molecule has 0 saturated heterocycles. The first-order valence-corrected chi connectivity index (χ1v) is 4.58. The van der Waals surface area contributed by atoms with Crippen LogP contribution in [0.3, 0.4) is 0 Å². The number of hydrogen-bond donors (Lipinski definition) is 1. The molecule has 0 aromatic rings. The highest BCUT2D eigenvalue weighted by atomic mass is 16.9. The van der Waals surface area contributed by atoms with Crippen molar-refractivity contribution in [3.8, 4) is 6.07 Å². The monoisotopic (exact) mass is 232 g/mol. The molecule has 1 atom stereocenters. The molecule has 0 aliphatic heterocycles. The van der Waals surface area contributed by atoms with Gasteiger partial charge in [0.25, 0.3) is 0 Å². The lowest BCUT2D eigenvalue weighted by Crippen LogP contribution is -2.55. The Morgan fingerprint density at radius 3 is 2.19 bits per heavy atom. The van der Waals surface area contributed by atoms with Crippen LogP contribution < -0.4 is 5.32 Å². The summed E-state index contributed by atoms with van der Waals surface area (Å²) in [7, 11) is 3.89. The number of nitrogens with one attached hydrogen (secondary N) is 1. The molecule has 0 saturated carbocycles. The van der Waals surface area contributed by atoms with E-state index in [9.17, 15) is 4.79 Å². The summed E-state index contributed by atoms with van der Waals surface area (Å²) in [6, 6.07) is 0.651. The van der Waals surface area contributed by atoms with Gasteiger partial charge in [-0.2, -0.15) is 5.26 Å². The molecule has 0 spiro atoms. The van der Waals surface area contributed by atoms with Gasteiger partial charge in [0.05, 0.1) is 12.7 Å². The van der Waals surface area contributed by atoms with E-state index in [1.165, 1.54) is 21.3 Å². The number of amides is 1. The fraction of sp³-hybridized carbons (Fsp3) is 0.778. The van der Waals surface area contributed by atoms with Crippen LogP contribution in [0.25, 0.3) is 0 Å². The van der Waals surface area contributed by atoms with E-state index in [-0.39, 0.29) is 6.61 Å². The minimum atomic E-state index is -1.65. The zero-order valence-corrected chi connectivity index (χ0v) is 9.77. The molecule has 7 nitrogen and oxygen atoms in total. The number of rotatable bonds is 6. The lowest BCUT2D eigenvalue weighted by molar-refractivity contribution is -0.357. The van der Waals surface area contributed by atoms with Gasteiger partial charge >= 0.3 is 12.1 Å². The van der Waals surface area contributed by atoms with Crippen LogP contribution >= 0.6 is 0 Å². The van der Waals surface area contributed by atoms with Gasteiger partial charge in [-0.3, -0.25) is 5.32 Å². The minimum Gasteiger partial charge on any atom is -0.450 e. The van der Waals surface area contributed by atoms with Crippen molar-refractivity contribution < 1.29 is 23.7 Å². The molecule has 0 aliphatic rings. The highest BCUT2D eigenvalue weighted by Gasteiger charge is 2.42. The molecule has 1 amide bonds. The first kappa shape index (κ1) is 14.6. The second kappa shape index (κ2) is 7.00. The first-order chi connectivity index (χ1) is 7.60. The number of nitriles is 1. The quantitative estimate of drug-likeness (QED) is 0.659. The fourth-order valence-corrected chi connectivity index (χ4v) is 1.09. The maximum absolute atomic E-state index is 11.2. The second-order valence-electron chi connectivity index (χ2n) is 2.64. The van der Waals surface area contributed by atoms with Gasteiger partial charge in [0.15, 0.2) is 0 Å². The van der Waals surface area contributed by atoms with Crippen molar-refractivity contribution in [2.24, 2.45) is 0 Å². The lowest BCUT2D eigenvalue weighted by Gasteiger charge is -2.32. The molecular formula is C9H16N2O5. The average Bonchev–Trinajstić information content (AvgIpc) is 2.30.